The number of anilines is 1. The molecule has 0 amide bonds. The zero-order valence-electron chi connectivity index (χ0n) is 12.0. The van der Waals surface area contributed by atoms with Gasteiger partial charge >= 0.3 is 0 Å². The average Bonchev–Trinajstić information content (AvgIpc) is 3.10. The Morgan fingerprint density at radius 2 is 2.20 bits per heavy atom. The van der Waals surface area contributed by atoms with Crippen LogP contribution in [0.5, 0.6) is 0 Å². The third kappa shape index (κ3) is 2.67. The molecule has 20 heavy (non-hydrogen) atoms. The van der Waals surface area contributed by atoms with Crippen LogP contribution >= 0.6 is 0 Å². The van der Waals surface area contributed by atoms with Crippen LogP contribution in [-0.2, 0) is 0 Å². The highest BCUT2D eigenvalue weighted by molar-refractivity contribution is 5.56. The number of hydrogen-bond donors (Lipinski definition) is 1. The van der Waals surface area contributed by atoms with Crippen LogP contribution in [0, 0.1) is 0 Å². The summed E-state index contributed by atoms with van der Waals surface area (Å²) >= 11 is 0. The van der Waals surface area contributed by atoms with E-state index in [4.69, 9.17) is 0 Å². The van der Waals surface area contributed by atoms with E-state index in [9.17, 15) is 0 Å². The lowest BCUT2D eigenvalue weighted by Gasteiger charge is -2.21. The van der Waals surface area contributed by atoms with E-state index in [1.807, 2.05) is 18.3 Å². The summed E-state index contributed by atoms with van der Waals surface area (Å²) in [5.41, 5.74) is 1.05. The lowest BCUT2D eigenvalue weighted by Crippen LogP contribution is -2.31. The fraction of sp³-hybridized carbons (Fsp3) is 0.467. The number of pyridine rings is 1. The summed E-state index contributed by atoms with van der Waals surface area (Å²) in [6.45, 7) is 6.75. The molecule has 1 aliphatic rings. The Balaban J connectivity index is 1.76. The zero-order valence-corrected chi connectivity index (χ0v) is 12.0. The predicted molar refractivity (Wildman–Crippen MR) is 80.1 cm³/mol. The molecule has 0 bridgehead atoms. The van der Waals surface area contributed by atoms with E-state index in [2.05, 4.69) is 40.2 Å². The van der Waals surface area contributed by atoms with E-state index < -0.39 is 0 Å². The van der Waals surface area contributed by atoms with Crippen LogP contribution in [0.2, 0.25) is 0 Å². The van der Waals surface area contributed by atoms with Gasteiger partial charge in [0.15, 0.2) is 5.82 Å². The van der Waals surface area contributed by atoms with Gasteiger partial charge in [0.05, 0.1) is 5.69 Å². The minimum atomic E-state index is 0.482. The topological polar surface area (TPSA) is 46.0 Å². The molecule has 0 aliphatic carbocycles. The number of rotatable bonds is 4. The molecule has 1 fully saturated rings. The molecular weight excluding hydrogens is 250 g/mol. The summed E-state index contributed by atoms with van der Waals surface area (Å²) in [5.74, 6) is 0.862. The standard InChI is InChI=1S/C15H21N5/c1-12(2)19-10-6-13(11-19)18-14-5-3-7-16-15(14)20-9-4-8-17-20/h3-5,7-9,12-13,18H,6,10-11H2,1-2H3. The highest BCUT2D eigenvalue weighted by Gasteiger charge is 2.24. The molecule has 3 heterocycles. The molecule has 5 heteroatoms. The van der Waals surface area contributed by atoms with Crippen molar-refractivity contribution in [1.82, 2.24) is 19.7 Å². The van der Waals surface area contributed by atoms with Gasteiger partial charge in [0.1, 0.15) is 0 Å². The van der Waals surface area contributed by atoms with E-state index in [1.165, 1.54) is 6.42 Å². The van der Waals surface area contributed by atoms with Crippen molar-refractivity contribution in [2.45, 2.75) is 32.4 Å². The SMILES string of the molecule is CC(C)N1CCC(Nc2cccnc2-n2cccn2)C1. The lowest BCUT2D eigenvalue weighted by atomic mass is 10.2. The summed E-state index contributed by atoms with van der Waals surface area (Å²) in [7, 11) is 0. The van der Waals surface area contributed by atoms with Gasteiger partial charge in [0.2, 0.25) is 0 Å². The maximum atomic E-state index is 4.44. The maximum Gasteiger partial charge on any atom is 0.176 e. The third-order valence-corrected chi connectivity index (χ3v) is 3.82. The van der Waals surface area contributed by atoms with E-state index >= 15 is 0 Å². The van der Waals surface area contributed by atoms with Crippen LogP contribution in [0.4, 0.5) is 5.69 Å². The van der Waals surface area contributed by atoms with Gasteiger partial charge in [-0.25, -0.2) is 9.67 Å². The lowest BCUT2D eigenvalue weighted by molar-refractivity contribution is 0.274. The first-order valence-electron chi connectivity index (χ1n) is 7.19. The van der Waals surface area contributed by atoms with Gasteiger partial charge in [-0.1, -0.05) is 0 Å². The first kappa shape index (κ1) is 13.1. The largest absolute Gasteiger partial charge is 0.378 e. The molecule has 0 radical (unpaired) electrons. The molecule has 0 spiro atoms. The average molecular weight is 271 g/mol. The Bertz CT molecular complexity index is 549. The maximum absolute atomic E-state index is 4.44. The van der Waals surface area contributed by atoms with E-state index in [-0.39, 0.29) is 0 Å². The fourth-order valence-corrected chi connectivity index (χ4v) is 2.68. The Kier molecular flexibility index (Phi) is 3.69. The molecule has 1 N–H and O–H groups in total. The van der Waals surface area contributed by atoms with Gasteiger partial charge in [-0.15, -0.1) is 0 Å². The van der Waals surface area contributed by atoms with E-state index in [1.54, 1.807) is 17.1 Å². The van der Waals surface area contributed by atoms with Crippen molar-refractivity contribution in [3.05, 3.63) is 36.8 Å². The molecule has 2 aromatic rings. The number of aromatic nitrogens is 3. The fourth-order valence-electron chi connectivity index (χ4n) is 2.68. The van der Waals surface area contributed by atoms with Crippen molar-refractivity contribution >= 4 is 5.69 Å². The summed E-state index contributed by atoms with van der Waals surface area (Å²) in [6, 6.07) is 7.04. The summed E-state index contributed by atoms with van der Waals surface area (Å²) in [4.78, 5) is 6.94. The van der Waals surface area contributed by atoms with Crippen LogP contribution < -0.4 is 5.32 Å². The minimum Gasteiger partial charge on any atom is -0.378 e. The highest BCUT2D eigenvalue weighted by Crippen LogP contribution is 2.21. The molecule has 1 aliphatic heterocycles. The second-order valence-electron chi connectivity index (χ2n) is 5.54. The van der Waals surface area contributed by atoms with Crippen LogP contribution in [0.15, 0.2) is 36.8 Å². The van der Waals surface area contributed by atoms with Crippen molar-refractivity contribution in [3.8, 4) is 5.82 Å². The van der Waals surface area contributed by atoms with Crippen LogP contribution in [0.3, 0.4) is 0 Å². The predicted octanol–water partition coefficient (Wildman–Crippen LogP) is 2.16. The monoisotopic (exact) mass is 271 g/mol. The van der Waals surface area contributed by atoms with E-state index in [0.29, 0.717) is 12.1 Å². The smallest absolute Gasteiger partial charge is 0.176 e. The molecule has 106 valence electrons. The molecular formula is C15H21N5. The molecule has 2 aromatic heterocycles. The number of nitrogens with zero attached hydrogens (tertiary/aromatic N) is 4. The molecule has 0 saturated carbocycles. The summed E-state index contributed by atoms with van der Waals surface area (Å²) in [6.07, 6.45) is 6.67. The summed E-state index contributed by atoms with van der Waals surface area (Å²) in [5, 5.41) is 7.89. The van der Waals surface area contributed by atoms with Crippen molar-refractivity contribution in [1.29, 1.82) is 0 Å². The van der Waals surface area contributed by atoms with Crippen LogP contribution in [0.25, 0.3) is 5.82 Å². The van der Waals surface area contributed by atoms with Gasteiger partial charge < -0.3 is 5.32 Å². The Hall–Kier alpha value is -1.88. The van der Waals surface area contributed by atoms with Gasteiger partial charge in [-0.05, 0) is 38.5 Å². The highest BCUT2D eigenvalue weighted by atomic mass is 15.3. The molecule has 5 nitrogen and oxygen atoms in total. The number of hydrogen-bond acceptors (Lipinski definition) is 4. The zero-order chi connectivity index (χ0) is 13.9. The normalized spacial score (nSPS) is 19.6. The van der Waals surface area contributed by atoms with E-state index in [0.717, 1.165) is 24.6 Å². The van der Waals surface area contributed by atoms with Crippen molar-refractivity contribution in [2.24, 2.45) is 0 Å². The molecule has 1 unspecified atom stereocenters. The summed E-state index contributed by atoms with van der Waals surface area (Å²) < 4.78 is 1.80. The van der Waals surface area contributed by atoms with Gasteiger partial charge in [-0.2, -0.15) is 5.10 Å². The van der Waals surface area contributed by atoms with Crippen molar-refractivity contribution in [3.63, 3.8) is 0 Å². The number of likely N-dealkylation sites (tertiary alicyclic amines) is 1. The quantitative estimate of drug-likeness (QED) is 0.925. The second kappa shape index (κ2) is 5.63. The third-order valence-electron chi connectivity index (χ3n) is 3.82. The number of nitrogens with one attached hydrogen (secondary N) is 1. The Morgan fingerprint density at radius 3 is 2.90 bits per heavy atom. The van der Waals surface area contributed by atoms with Gasteiger partial charge in [0.25, 0.3) is 0 Å². The molecule has 3 rings (SSSR count). The molecule has 0 aromatic carbocycles. The minimum absolute atomic E-state index is 0.482. The Labute approximate surface area is 119 Å². The van der Waals surface area contributed by atoms with Crippen molar-refractivity contribution < 1.29 is 0 Å². The van der Waals surface area contributed by atoms with Gasteiger partial charge in [0, 0.05) is 43.8 Å². The van der Waals surface area contributed by atoms with Crippen molar-refractivity contribution in [2.75, 3.05) is 18.4 Å². The first-order chi connectivity index (χ1) is 9.74. The van der Waals surface area contributed by atoms with Crippen LogP contribution in [-0.4, -0.2) is 44.8 Å². The Morgan fingerprint density at radius 1 is 1.30 bits per heavy atom. The van der Waals surface area contributed by atoms with Crippen LogP contribution in [0.1, 0.15) is 20.3 Å². The first-order valence-corrected chi connectivity index (χ1v) is 7.19. The second-order valence-corrected chi connectivity index (χ2v) is 5.54. The molecule has 1 atom stereocenters. The van der Waals surface area contributed by atoms with Gasteiger partial charge in [-0.3, -0.25) is 4.90 Å². The molecule has 1 saturated heterocycles.